The van der Waals surface area contributed by atoms with Gasteiger partial charge in [-0.3, -0.25) is 0 Å². The van der Waals surface area contributed by atoms with Crippen molar-refractivity contribution in [1.29, 1.82) is 0 Å². The molecule has 1 saturated heterocycles. The monoisotopic (exact) mass is 381 g/mol. The molecule has 7 heteroatoms. The Hall–Kier alpha value is -1.25. The summed E-state index contributed by atoms with van der Waals surface area (Å²) in [6.07, 6.45) is 1.40. The highest BCUT2D eigenvalue weighted by Crippen LogP contribution is 2.36. The van der Waals surface area contributed by atoms with Crippen molar-refractivity contribution in [3.8, 4) is 0 Å². The van der Waals surface area contributed by atoms with Gasteiger partial charge in [0.1, 0.15) is 9.81 Å². The number of aryl methyl sites for hydroxylation is 1. The summed E-state index contributed by atoms with van der Waals surface area (Å²) >= 11 is 1.22. The molecule has 2 N–H and O–H groups in total. The Labute approximate surface area is 152 Å². The van der Waals surface area contributed by atoms with E-state index in [0.717, 1.165) is 10.4 Å². The van der Waals surface area contributed by atoms with Crippen molar-refractivity contribution < 1.29 is 18.3 Å². The van der Waals surface area contributed by atoms with E-state index in [0.29, 0.717) is 26.1 Å². The van der Waals surface area contributed by atoms with E-state index in [4.69, 9.17) is 4.74 Å². The second kappa shape index (κ2) is 7.55. The topological polar surface area (TPSA) is 75.6 Å². The summed E-state index contributed by atoms with van der Waals surface area (Å²) in [6, 6.07) is 12.7. The molecule has 1 aliphatic rings. The van der Waals surface area contributed by atoms with Gasteiger partial charge in [0.05, 0.1) is 0 Å². The number of sulfonamides is 1. The second-order valence-corrected chi connectivity index (χ2v) is 9.65. The van der Waals surface area contributed by atoms with E-state index < -0.39 is 15.6 Å². The molecule has 1 aromatic heterocycles. The molecule has 0 bridgehead atoms. The molecule has 5 nitrogen and oxygen atoms in total. The highest BCUT2D eigenvalue weighted by molar-refractivity contribution is 7.91. The Morgan fingerprint density at radius 2 is 1.88 bits per heavy atom. The Morgan fingerprint density at radius 3 is 2.48 bits per heavy atom. The molecule has 0 saturated carbocycles. The first-order valence-corrected chi connectivity index (χ1v) is 10.6. The van der Waals surface area contributed by atoms with Crippen LogP contribution in [0.2, 0.25) is 0 Å². The van der Waals surface area contributed by atoms with Crippen LogP contribution in [0.1, 0.15) is 23.3 Å². The maximum absolute atomic E-state index is 12.6. The van der Waals surface area contributed by atoms with E-state index in [1.54, 1.807) is 12.1 Å². The number of rotatable bonds is 6. The van der Waals surface area contributed by atoms with Crippen LogP contribution in [0.25, 0.3) is 0 Å². The third-order valence-corrected chi connectivity index (χ3v) is 7.58. The molecule has 0 spiro atoms. The van der Waals surface area contributed by atoms with Gasteiger partial charge in [0.25, 0.3) is 0 Å². The van der Waals surface area contributed by atoms with Crippen LogP contribution >= 0.6 is 11.3 Å². The maximum atomic E-state index is 12.6. The van der Waals surface area contributed by atoms with Crippen LogP contribution in [-0.2, 0) is 20.4 Å². The van der Waals surface area contributed by atoms with Gasteiger partial charge in [-0.15, -0.1) is 11.3 Å². The third kappa shape index (κ3) is 4.12. The molecule has 2 heterocycles. The molecular formula is C18H23NO4S2. The first-order chi connectivity index (χ1) is 11.9. The maximum Gasteiger partial charge on any atom is 0.250 e. The summed E-state index contributed by atoms with van der Waals surface area (Å²) in [5.74, 6) is -0.0589. The van der Waals surface area contributed by atoms with E-state index in [1.807, 2.05) is 37.3 Å². The molecule has 1 aromatic carbocycles. The highest BCUT2D eigenvalue weighted by atomic mass is 32.2. The second-order valence-electron chi connectivity index (χ2n) is 6.37. The summed E-state index contributed by atoms with van der Waals surface area (Å²) < 4.78 is 33.4. The molecule has 1 aliphatic heterocycles. The lowest BCUT2D eigenvalue weighted by molar-refractivity contribution is -0.0663. The van der Waals surface area contributed by atoms with Crippen LogP contribution in [0, 0.1) is 12.8 Å². The van der Waals surface area contributed by atoms with Gasteiger partial charge in [-0.25, -0.2) is 13.1 Å². The van der Waals surface area contributed by atoms with Crippen molar-refractivity contribution in [1.82, 2.24) is 4.72 Å². The molecule has 0 aliphatic carbocycles. The van der Waals surface area contributed by atoms with Gasteiger partial charge in [-0.1, -0.05) is 30.3 Å². The average Bonchev–Trinajstić information content (AvgIpc) is 3.09. The number of ether oxygens (including phenoxy) is 1. The van der Waals surface area contributed by atoms with Gasteiger partial charge in [0.15, 0.2) is 0 Å². The van der Waals surface area contributed by atoms with E-state index in [2.05, 4.69) is 4.72 Å². The number of benzene rings is 1. The largest absolute Gasteiger partial charge is 0.383 e. The summed E-state index contributed by atoms with van der Waals surface area (Å²) in [4.78, 5) is 0.933. The average molecular weight is 382 g/mol. The lowest BCUT2D eigenvalue weighted by Crippen LogP contribution is -2.47. The summed E-state index contributed by atoms with van der Waals surface area (Å²) in [5.41, 5.74) is -0.531. The van der Waals surface area contributed by atoms with Crippen LogP contribution in [0.3, 0.4) is 0 Å². The predicted octanol–water partition coefficient (Wildman–Crippen LogP) is 2.65. The fourth-order valence-corrected chi connectivity index (χ4v) is 5.62. The fraction of sp³-hybridized carbons (Fsp3) is 0.444. The van der Waals surface area contributed by atoms with Crippen molar-refractivity contribution >= 4 is 21.4 Å². The molecule has 1 unspecified atom stereocenters. The summed E-state index contributed by atoms with van der Waals surface area (Å²) in [5, 5.41) is 11.4. The first-order valence-electron chi connectivity index (χ1n) is 8.33. The van der Waals surface area contributed by atoms with E-state index in [9.17, 15) is 13.5 Å². The van der Waals surface area contributed by atoms with Crippen molar-refractivity contribution in [2.45, 2.75) is 29.6 Å². The van der Waals surface area contributed by atoms with E-state index in [1.165, 1.54) is 11.3 Å². The number of aliphatic hydroxyl groups is 1. The van der Waals surface area contributed by atoms with Crippen LogP contribution < -0.4 is 4.72 Å². The lowest BCUT2D eigenvalue weighted by atomic mass is 9.77. The predicted molar refractivity (Wildman–Crippen MR) is 98.1 cm³/mol. The van der Waals surface area contributed by atoms with Crippen LogP contribution in [0.15, 0.2) is 46.7 Å². The van der Waals surface area contributed by atoms with Crippen molar-refractivity contribution in [3.63, 3.8) is 0 Å². The quantitative estimate of drug-likeness (QED) is 0.807. The van der Waals surface area contributed by atoms with E-state index in [-0.39, 0.29) is 16.7 Å². The van der Waals surface area contributed by atoms with Crippen LogP contribution in [0.5, 0.6) is 0 Å². The van der Waals surface area contributed by atoms with Gasteiger partial charge in [-0.05, 0) is 43.4 Å². The Morgan fingerprint density at radius 1 is 1.20 bits per heavy atom. The molecule has 0 radical (unpaired) electrons. The van der Waals surface area contributed by atoms with Gasteiger partial charge in [0.2, 0.25) is 10.0 Å². The molecule has 3 rings (SSSR count). The van der Waals surface area contributed by atoms with E-state index >= 15 is 0 Å². The Bertz CT molecular complexity index is 797. The van der Waals surface area contributed by atoms with Crippen LogP contribution in [-0.4, -0.2) is 33.3 Å². The number of hydrogen-bond acceptors (Lipinski definition) is 5. The lowest BCUT2D eigenvalue weighted by Gasteiger charge is -2.39. The normalized spacial score (nSPS) is 18.8. The fourth-order valence-electron chi connectivity index (χ4n) is 3.22. The minimum absolute atomic E-state index is 0.0546. The molecule has 0 amide bonds. The van der Waals surface area contributed by atoms with Gasteiger partial charge in [0, 0.05) is 24.6 Å². The Kier molecular flexibility index (Phi) is 5.60. The summed E-state index contributed by atoms with van der Waals surface area (Å²) in [6.45, 7) is 2.97. The van der Waals surface area contributed by atoms with Crippen molar-refractivity contribution in [3.05, 3.63) is 52.9 Å². The van der Waals surface area contributed by atoms with Gasteiger partial charge < -0.3 is 9.84 Å². The molecular weight excluding hydrogens is 358 g/mol. The first kappa shape index (κ1) is 18.5. The molecule has 2 aromatic rings. The van der Waals surface area contributed by atoms with Crippen molar-refractivity contribution in [2.24, 2.45) is 5.92 Å². The molecule has 1 fully saturated rings. The van der Waals surface area contributed by atoms with Gasteiger partial charge in [-0.2, -0.15) is 0 Å². The highest BCUT2D eigenvalue weighted by Gasteiger charge is 2.40. The summed E-state index contributed by atoms with van der Waals surface area (Å²) in [7, 11) is -3.64. The molecule has 25 heavy (non-hydrogen) atoms. The SMILES string of the molecule is Cc1ccc(S(=O)(=O)NCC(O)(c2ccccc2)C2CCOCC2)s1. The number of thiophene rings is 1. The minimum Gasteiger partial charge on any atom is -0.383 e. The zero-order valence-corrected chi connectivity index (χ0v) is 15.8. The third-order valence-electron chi connectivity index (χ3n) is 4.68. The smallest absolute Gasteiger partial charge is 0.250 e. The Balaban J connectivity index is 1.85. The number of hydrogen-bond donors (Lipinski definition) is 2. The van der Waals surface area contributed by atoms with Crippen molar-refractivity contribution in [2.75, 3.05) is 19.8 Å². The standard InChI is InChI=1S/C18H23NO4S2/c1-14-7-8-17(24-14)25(21,22)19-13-18(20,15-5-3-2-4-6-15)16-9-11-23-12-10-16/h2-8,16,19-20H,9-13H2,1H3. The number of nitrogens with one attached hydrogen (secondary N) is 1. The van der Waals surface area contributed by atoms with Crippen LogP contribution in [0.4, 0.5) is 0 Å². The minimum atomic E-state index is -3.64. The molecule has 1 atom stereocenters. The zero-order chi connectivity index (χ0) is 17.9. The van der Waals surface area contributed by atoms with Gasteiger partial charge >= 0.3 is 0 Å². The molecule has 136 valence electrons. The zero-order valence-electron chi connectivity index (χ0n) is 14.1.